The van der Waals surface area contributed by atoms with Crippen LogP contribution in [-0.2, 0) is 11.2 Å². The van der Waals surface area contributed by atoms with Crippen LogP contribution >= 0.6 is 11.3 Å². The molecule has 1 unspecified atom stereocenters. The van der Waals surface area contributed by atoms with E-state index in [9.17, 15) is 23.1 Å². The summed E-state index contributed by atoms with van der Waals surface area (Å²) in [6, 6.07) is 3.56. The molecular weight excluding hydrogens is 475 g/mol. The zero-order chi connectivity index (χ0) is 25.8. The summed E-state index contributed by atoms with van der Waals surface area (Å²) in [4.78, 5) is 17.7. The Labute approximate surface area is 209 Å². The number of carbonyl (C=O) groups is 1. The van der Waals surface area contributed by atoms with Crippen molar-refractivity contribution in [2.75, 3.05) is 0 Å². The van der Waals surface area contributed by atoms with Gasteiger partial charge in [0.15, 0.2) is 0 Å². The molecule has 1 fully saturated rings. The summed E-state index contributed by atoms with van der Waals surface area (Å²) in [5.41, 5.74) is -0.238. The van der Waals surface area contributed by atoms with Crippen LogP contribution in [0.25, 0.3) is 10.6 Å². The zero-order valence-corrected chi connectivity index (χ0v) is 21.8. The van der Waals surface area contributed by atoms with Crippen LogP contribution in [0, 0.1) is 28.5 Å². The topological polar surface area (TPSA) is 59.4 Å². The van der Waals surface area contributed by atoms with E-state index in [0.29, 0.717) is 28.8 Å². The fourth-order valence-electron chi connectivity index (χ4n) is 5.50. The average Bonchev–Trinajstić information content (AvgIpc) is 3.21. The second kappa shape index (κ2) is 11.3. The lowest BCUT2D eigenvalue weighted by molar-refractivity contribution is -0.155. The van der Waals surface area contributed by atoms with Crippen LogP contribution in [0.2, 0.25) is 0 Å². The van der Waals surface area contributed by atoms with E-state index >= 15 is 0 Å². The standard InChI is InChI=1S/C27H36F3NO3S/c1-5-11-27(24(32)33)14-17(12-18(15-27)26(2,3)4)7-6-8-20-16-31-23(35-20)21-10-9-19(28)13-22(21)34-25(29)30/h9-10,13,16-18,25H,5-8,11-12,14-15H2,1-4H3,(H,32,33)/t17?,18-,27-/m0/s1. The zero-order valence-electron chi connectivity index (χ0n) is 21.0. The van der Waals surface area contributed by atoms with Crippen molar-refractivity contribution >= 4 is 17.3 Å². The molecular formula is C27H36F3NO3S. The predicted molar refractivity (Wildman–Crippen MR) is 132 cm³/mol. The van der Waals surface area contributed by atoms with Crippen LogP contribution in [0.4, 0.5) is 13.2 Å². The van der Waals surface area contributed by atoms with E-state index in [1.807, 2.05) is 0 Å². The van der Waals surface area contributed by atoms with Crippen molar-refractivity contribution in [2.45, 2.75) is 85.7 Å². The molecule has 4 nitrogen and oxygen atoms in total. The van der Waals surface area contributed by atoms with Crippen molar-refractivity contribution in [3.8, 4) is 16.3 Å². The first-order chi connectivity index (χ1) is 16.4. The van der Waals surface area contributed by atoms with Crippen molar-refractivity contribution in [1.82, 2.24) is 4.98 Å². The van der Waals surface area contributed by atoms with E-state index in [-0.39, 0.29) is 11.2 Å². The number of halogens is 3. The lowest BCUT2D eigenvalue weighted by Crippen LogP contribution is -2.43. The first kappa shape index (κ1) is 27.5. The SMILES string of the molecule is CCC[C@]1(C(=O)O)CC(CCCc2cnc(-c3ccc(F)cc3OC(F)F)s2)C[C@H](C(C)(C)C)C1. The van der Waals surface area contributed by atoms with E-state index in [2.05, 4.69) is 37.4 Å². The smallest absolute Gasteiger partial charge is 0.387 e. The number of hydrogen-bond acceptors (Lipinski definition) is 4. The molecule has 1 saturated carbocycles. The Kier molecular flexibility index (Phi) is 8.89. The van der Waals surface area contributed by atoms with Gasteiger partial charge in [-0.15, -0.1) is 11.3 Å². The predicted octanol–water partition coefficient (Wildman–Crippen LogP) is 8.21. The highest BCUT2D eigenvalue weighted by molar-refractivity contribution is 7.15. The summed E-state index contributed by atoms with van der Waals surface area (Å²) >= 11 is 1.38. The van der Waals surface area contributed by atoms with E-state index in [4.69, 9.17) is 0 Å². The Hall–Kier alpha value is -2.09. The number of thiazole rings is 1. The molecule has 3 rings (SSSR count). The summed E-state index contributed by atoms with van der Waals surface area (Å²) < 4.78 is 43.5. The van der Waals surface area contributed by atoms with Gasteiger partial charge < -0.3 is 9.84 Å². The van der Waals surface area contributed by atoms with Crippen LogP contribution in [-0.4, -0.2) is 22.7 Å². The number of ether oxygens (including phenoxy) is 1. The van der Waals surface area contributed by atoms with Crippen molar-refractivity contribution < 1.29 is 27.8 Å². The van der Waals surface area contributed by atoms with Gasteiger partial charge in [0, 0.05) is 17.1 Å². The second-order valence-corrected chi connectivity index (χ2v) is 12.1. The molecule has 3 atom stereocenters. The molecule has 1 N–H and O–H groups in total. The molecule has 194 valence electrons. The lowest BCUT2D eigenvalue weighted by atomic mass is 9.57. The van der Waals surface area contributed by atoms with Crippen LogP contribution in [0.3, 0.4) is 0 Å². The third kappa shape index (κ3) is 6.99. The highest BCUT2D eigenvalue weighted by atomic mass is 32.1. The van der Waals surface area contributed by atoms with Crippen LogP contribution in [0.15, 0.2) is 24.4 Å². The normalized spacial score (nSPS) is 23.0. The minimum Gasteiger partial charge on any atom is -0.481 e. The molecule has 1 aromatic heterocycles. The number of carboxylic acid groups (broad SMARTS) is 1. The van der Waals surface area contributed by atoms with Crippen molar-refractivity contribution in [1.29, 1.82) is 0 Å². The maximum absolute atomic E-state index is 13.5. The summed E-state index contributed by atoms with van der Waals surface area (Å²) in [6.07, 6.45) is 8.42. The van der Waals surface area contributed by atoms with Gasteiger partial charge in [0.1, 0.15) is 16.6 Å². The molecule has 0 spiro atoms. The van der Waals surface area contributed by atoms with Gasteiger partial charge >= 0.3 is 12.6 Å². The molecule has 2 aromatic rings. The molecule has 0 saturated heterocycles. The van der Waals surface area contributed by atoms with Crippen molar-refractivity contribution in [3.05, 3.63) is 35.1 Å². The van der Waals surface area contributed by atoms with Crippen molar-refractivity contribution in [3.63, 3.8) is 0 Å². The molecule has 0 radical (unpaired) electrons. The fraction of sp³-hybridized carbons (Fsp3) is 0.630. The van der Waals surface area contributed by atoms with Gasteiger partial charge in [0.25, 0.3) is 0 Å². The number of benzene rings is 1. The van der Waals surface area contributed by atoms with Crippen LogP contribution in [0.1, 0.15) is 77.5 Å². The largest absolute Gasteiger partial charge is 0.481 e. The average molecular weight is 512 g/mol. The van der Waals surface area contributed by atoms with Crippen LogP contribution < -0.4 is 4.74 Å². The number of aromatic nitrogens is 1. The minimum atomic E-state index is -3.05. The molecule has 1 aromatic carbocycles. The molecule has 1 heterocycles. The maximum atomic E-state index is 13.5. The Morgan fingerprint density at radius 2 is 2.06 bits per heavy atom. The van der Waals surface area contributed by atoms with Gasteiger partial charge in [-0.25, -0.2) is 9.37 Å². The highest BCUT2D eigenvalue weighted by Crippen LogP contribution is 2.52. The molecule has 35 heavy (non-hydrogen) atoms. The van der Waals surface area contributed by atoms with Gasteiger partial charge in [0.05, 0.1) is 11.0 Å². The number of aliphatic carboxylic acids is 1. The number of aryl methyl sites for hydroxylation is 1. The molecule has 8 heteroatoms. The Balaban J connectivity index is 1.68. The monoisotopic (exact) mass is 511 g/mol. The first-order valence-electron chi connectivity index (χ1n) is 12.4. The summed E-state index contributed by atoms with van der Waals surface area (Å²) in [7, 11) is 0. The van der Waals surface area contributed by atoms with Gasteiger partial charge in [-0.2, -0.15) is 8.78 Å². The first-order valence-corrected chi connectivity index (χ1v) is 13.2. The number of carboxylic acids is 1. The lowest BCUT2D eigenvalue weighted by Gasteiger charge is -2.46. The van der Waals surface area contributed by atoms with E-state index in [1.54, 1.807) is 6.20 Å². The van der Waals surface area contributed by atoms with Gasteiger partial charge in [0.2, 0.25) is 0 Å². The summed E-state index contributed by atoms with van der Waals surface area (Å²) in [6.45, 7) is 5.63. The molecule has 0 aliphatic heterocycles. The Bertz CT molecular complexity index is 1000. The Morgan fingerprint density at radius 1 is 1.31 bits per heavy atom. The molecule has 1 aliphatic rings. The molecule has 1 aliphatic carbocycles. The van der Waals surface area contributed by atoms with Gasteiger partial charge in [-0.05, 0) is 67.9 Å². The fourth-order valence-corrected chi connectivity index (χ4v) is 6.48. The summed E-state index contributed by atoms with van der Waals surface area (Å²) in [5, 5.41) is 10.7. The highest BCUT2D eigenvalue weighted by Gasteiger charge is 2.47. The third-order valence-electron chi connectivity index (χ3n) is 7.32. The van der Waals surface area contributed by atoms with E-state index in [0.717, 1.165) is 55.9 Å². The third-order valence-corrected chi connectivity index (χ3v) is 8.41. The second-order valence-electron chi connectivity index (χ2n) is 11.0. The number of rotatable bonds is 10. The minimum absolute atomic E-state index is 0.0623. The Morgan fingerprint density at radius 3 is 2.69 bits per heavy atom. The number of hydrogen-bond donors (Lipinski definition) is 1. The van der Waals surface area contributed by atoms with Gasteiger partial charge in [-0.3, -0.25) is 4.79 Å². The molecule has 0 bridgehead atoms. The maximum Gasteiger partial charge on any atom is 0.387 e. The van der Waals surface area contributed by atoms with E-state index < -0.39 is 23.8 Å². The number of alkyl halides is 2. The quantitative estimate of drug-likeness (QED) is 0.349. The van der Waals surface area contributed by atoms with Gasteiger partial charge in [-0.1, -0.05) is 40.5 Å². The van der Waals surface area contributed by atoms with Crippen LogP contribution in [0.5, 0.6) is 5.75 Å². The van der Waals surface area contributed by atoms with E-state index in [1.165, 1.54) is 23.5 Å². The molecule has 0 amide bonds. The number of nitrogens with zero attached hydrogens (tertiary/aromatic N) is 1. The van der Waals surface area contributed by atoms with Crippen molar-refractivity contribution in [2.24, 2.45) is 22.7 Å². The summed E-state index contributed by atoms with van der Waals surface area (Å²) in [5.74, 6) is -0.816.